The zero-order chi connectivity index (χ0) is 23.4. The number of carbonyl (C=O) groups is 2. The van der Waals surface area contributed by atoms with Crippen molar-refractivity contribution in [3.8, 4) is 5.75 Å². The van der Waals surface area contributed by atoms with E-state index in [9.17, 15) is 9.59 Å². The van der Waals surface area contributed by atoms with Gasteiger partial charge in [-0.2, -0.15) is 0 Å². The predicted molar refractivity (Wildman–Crippen MR) is 128 cm³/mol. The van der Waals surface area contributed by atoms with Crippen molar-refractivity contribution in [3.05, 3.63) is 29.8 Å². The molecule has 33 heavy (non-hydrogen) atoms. The molecule has 0 unspecified atom stereocenters. The van der Waals surface area contributed by atoms with Gasteiger partial charge in [0.1, 0.15) is 17.6 Å². The molecule has 0 aromatic heterocycles. The van der Waals surface area contributed by atoms with Crippen molar-refractivity contribution < 1.29 is 19.1 Å². The summed E-state index contributed by atoms with van der Waals surface area (Å²) in [5.74, 6) is 2.69. The van der Waals surface area contributed by atoms with Crippen molar-refractivity contribution in [3.63, 3.8) is 0 Å². The summed E-state index contributed by atoms with van der Waals surface area (Å²) in [6.07, 6.45) is 8.74. The Hall–Kier alpha value is -1.84. The third-order valence-corrected chi connectivity index (χ3v) is 10.0. The molecule has 0 aliphatic heterocycles. The molecular formula is C29H40O4. The summed E-state index contributed by atoms with van der Waals surface area (Å²) < 4.78 is 11.9. The fourth-order valence-electron chi connectivity index (χ4n) is 8.25. The maximum atomic E-state index is 13.9. The topological polar surface area (TPSA) is 52.6 Å². The second-order valence-corrected chi connectivity index (χ2v) is 12.0. The van der Waals surface area contributed by atoms with Crippen LogP contribution in [-0.4, -0.2) is 25.0 Å². The van der Waals surface area contributed by atoms with Crippen LogP contribution < -0.4 is 4.74 Å². The Morgan fingerprint density at radius 3 is 2.55 bits per heavy atom. The monoisotopic (exact) mass is 452 g/mol. The summed E-state index contributed by atoms with van der Waals surface area (Å²) in [5.41, 5.74) is 0.616. The summed E-state index contributed by atoms with van der Waals surface area (Å²) >= 11 is 0. The van der Waals surface area contributed by atoms with Gasteiger partial charge in [-0.05, 0) is 79.4 Å². The van der Waals surface area contributed by atoms with Crippen molar-refractivity contribution in [2.45, 2.75) is 90.1 Å². The van der Waals surface area contributed by atoms with Crippen LogP contribution >= 0.6 is 0 Å². The molecule has 0 amide bonds. The van der Waals surface area contributed by atoms with Gasteiger partial charge in [0.05, 0.1) is 12.5 Å². The van der Waals surface area contributed by atoms with E-state index in [-0.39, 0.29) is 29.3 Å². The number of ketones is 1. The van der Waals surface area contributed by atoms with Crippen molar-refractivity contribution >= 4 is 11.8 Å². The summed E-state index contributed by atoms with van der Waals surface area (Å²) in [5, 5.41) is 0. The lowest BCUT2D eigenvalue weighted by atomic mass is 9.43. The van der Waals surface area contributed by atoms with Crippen molar-refractivity contribution in [1.82, 2.24) is 0 Å². The Kier molecular flexibility index (Phi) is 5.86. The van der Waals surface area contributed by atoms with Crippen LogP contribution in [0.2, 0.25) is 0 Å². The van der Waals surface area contributed by atoms with Gasteiger partial charge >= 0.3 is 5.97 Å². The van der Waals surface area contributed by atoms with E-state index in [1.54, 1.807) is 7.11 Å². The Morgan fingerprint density at radius 1 is 1.06 bits per heavy atom. The molecule has 7 atom stereocenters. The van der Waals surface area contributed by atoms with Crippen LogP contribution in [-0.2, 0) is 19.7 Å². The summed E-state index contributed by atoms with van der Waals surface area (Å²) in [6.45, 7) is 6.86. The van der Waals surface area contributed by atoms with Gasteiger partial charge in [0, 0.05) is 18.3 Å². The molecule has 0 bridgehead atoms. The fraction of sp³-hybridized carbons (Fsp3) is 0.724. The summed E-state index contributed by atoms with van der Waals surface area (Å²) in [4.78, 5) is 26.8. The number of carbonyl (C=O) groups excluding carboxylic acids is 2. The summed E-state index contributed by atoms with van der Waals surface area (Å²) in [6, 6.07) is 8.35. The van der Waals surface area contributed by atoms with Crippen LogP contribution in [0.1, 0.15) is 84.1 Å². The van der Waals surface area contributed by atoms with Crippen LogP contribution in [0, 0.1) is 35.0 Å². The minimum absolute atomic E-state index is 0.0432. The smallest absolute Gasteiger partial charge is 0.313 e. The van der Waals surface area contributed by atoms with E-state index in [1.807, 2.05) is 12.1 Å². The lowest BCUT2D eigenvalue weighted by Gasteiger charge is -2.59. The maximum Gasteiger partial charge on any atom is 0.313 e. The quantitative estimate of drug-likeness (QED) is 0.506. The Morgan fingerprint density at radius 2 is 1.82 bits per heavy atom. The third-order valence-electron chi connectivity index (χ3n) is 10.0. The molecule has 180 valence electrons. The first-order chi connectivity index (χ1) is 15.8. The molecule has 1 aromatic rings. The van der Waals surface area contributed by atoms with E-state index < -0.39 is 5.41 Å². The van der Waals surface area contributed by atoms with E-state index in [0.29, 0.717) is 30.0 Å². The van der Waals surface area contributed by atoms with Gasteiger partial charge in [-0.1, -0.05) is 45.7 Å². The Balaban J connectivity index is 1.40. The molecule has 4 nitrogen and oxygen atoms in total. The molecule has 4 aliphatic carbocycles. The van der Waals surface area contributed by atoms with E-state index in [4.69, 9.17) is 9.47 Å². The van der Waals surface area contributed by atoms with E-state index in [1.165, 1.54) is 5.56 Å². The highest BCUT2D eigenvalue weighted by Gasteiger charge is 2.70. The minimum atomic E-state index is -0.522. The zero-order valence-electron chi connectivity index (χ0n) is 20.8. The van der Waals surface area contributed by atoms with Crippen LogP contribution in [0.25, 0.3) is 0 Å². The van der Waals surface area contributed by atoms with Crippen LogP contribution in [0.4, 0.5) is 0 Å². The maximum absolute atomic E-state index is 13.9. The van der Waals surface area contributed by atoms with E-state index >= 15 is 0 Å². The SMILES string of the molecule is COc1ccc(C(C)(C)[C@@H]2CC[C@@H](C)C[C@H]2OC(=O)[C@]23CCCC(=O)[C@H]2[C@@H]2CCC[C@@H]23)cc1. The molecule has 4 heteroatoms. The molecule has 4 saturated carbocycles. The Labute approximate surface area is 198 Å². The molecule has 5 rings (SSSR count). The summed E-state index contributed by atoms with van der Waals surface area (Å²) in [7, 11) is 1.69. The van der Waals surface area contributed by atoms with E-state index in [0.717, 1.165) is 57.1 Å². The average molecular weight is 453 g/mol. The molecule has 0 N–H and O–H groups in total. The van der Waals surface area contributed by atoms with Gasteiger partial charge in [0.2, 0.25) is 0 Å². The lowest BCUT2D eigenvalue weighted by molar-refractivity contribution is -0.207. The molecule has 0 saturated heterocycles. The first-order valence-electron chi connectivity index (χ1n) is 13.2. The van der Waals surface area contributed by atoms with Crippen LogP contribution in [0.15, 0.2) is 24.3 Å². The second kappa shape index (κ2) is 8.43. The minimum Gasteiger partial charge on any atom is -0.497 e. The number of benzene rings is 1. The number of fused-ring (bicyclic) bond motifs is 4. The first-order valence-corrected chi connectivity index (χ1v) is 13.2. The largest absolute Gasteiger partial charge is 0.497 e. The molecule has 0 spiro atoms. The van der Waals surface area contributed by atoms with Gasteiger partial charge in [0.25, 0.3) is 0 Å². The normalized spacial score (nSPS) is 38.1. The van der Waals surface area contributed by atoms with Crippen molar-refractivity contribution in [1.29, 1.82) is 0 Å². The van der Waals surface area contributed by atoms with Crippen molar-refractivity contribution in [2.24, 2.45) is 35.0 Å². The number of Topliss-reactive ketones (excluding diaryl/α,β-unsaturated/α-hetero) is 1. The van der Waals surface area contributed by atoms with Gasteiger partial charge < -0.3 is 9.47 Å². The second-order valence-electron chi connectivity index (χ2n) is 12.0. The van der Waals surface area contributed by atoms with Gasteiger partial charge in [0.15, 0.2) is 0 Å². The highest BCUT2D eigenvalue weighted by Crippen LogP contribution is 2.68. The van der Waals surface area contributed by atoms with Crippen molar-refractivity contribution in [2.75, 3.05) is 7.11 Å². The van der Waals surface area contributed by atoms with Gasteiger partial charge in [-0.25, -0.2) is 0 Å². The zero-order valence-corrected chi connectivity index (χ0v) is 20.8. The standard InChI is InChI=1S/C29H40O4/c1-18-10-15-23(28(2,3)19-11-13-20(32-4)14-12-19)25(17-18)33-27(31)29-16-6-9-24(30)26(29)21-7-5-8-22(21)29/h11-14,18,21-23,25-26H,5-10,15-17H2,1-4H3/t18-,21-,22+,23-,25-,26-,29+/m1/s1. The average Bonchev–Trinajstić information content (AvgIpc) is 3.21. The molecule has 4 aliphatic rings. The van der Waals surface area contributed by atoms with E-state index in [2.05, 4.69) is 32.9 Å². The predicted octanol–water partition coefficient (Wildman–Crippen LogP) is 6.11. The Bertz CT molecular complexity index is 903. The number of rotatable bonds is 5. The van der Waals surface area contributed by atoms with Crippen LogP contribution in [0.3, 0.4) is 0 Å². The van der Waals surface area contributed by atoms with Crippen LogP contribution in [0.5, 0.6) is 5.75 Å². The molecular weight excluding hydrogens is 412 g/mol. The third kappa shape index (κ3) is 3.54. The number of hydrogen-bond donors (Lipinski definition) is 0. The number of hydrogen-bond acceptors (Lipinski definition) is 4. The highest BCUT2D eigenvalue weighted by molar-refractivity contribution is 5.93. The molecule has 4 fully saturated rings. The molecule has 1 aromatic carbocycles. The number of ether oxygens (including phenoxy) is 2. The number of methoxy groups -OCH3 is 1. The number of esters is 1. The molecule has 0 radical (unpaired) electrons. The lowest BCUT2D eigenvalue weighted by Crippen LogP contribution is -2.64. The first kappa shape index (κ1) is 22.9. The highest BCUT2D eigenvalue weighted by atomic mass is 16.5. The molecule has 0 heterocycles. The van der Waals surface area contributed by atoms with Gasteiger partial charge in [-0.15, -0.1) is 0 Å². The fourth-order valence-corrected chi connectivity index (χ4v) is 8.25. The van der Waals surface area contributed by atoms with Gasteiger partial charge in [-0.3, -0.25) is 9.59 Å².